The second-order valence-corrected chi connectivity index (χ2v) is 7.39. The monoisotopic (exact) mass is 519 g/mol. The first-order chi connectivity index (χ1) is 13.9. The van der Waals surface area contributed by atoms with Crippen molar-refractivity contribution in [3.05, 3.63) is 92.4 Å². The molecule has 0 spiro atoms. The Morgan fingerprint density at radius 1 is 1.10 bits per heavy atom. The van der Waals surface area contributed by atoms with Gasteiger partial charge in [-0.1, -0.05) is 28.1 Å². The molecule has 0 fully saturated rings. The van der Waals surface area contributed by atoms with Crippen LogP contribution in [0.5, 0.6) is 5.75 Å². The van der Waals surface area contributed by atoms with Gasteiger partial charge in [-0.3, -0.25) is 9.78 Å². The lowest BCUT2D eigenvalue weighted by molar-refractivity contribution is 0.0732. The van der Waals surface area contributed by atoms with Gasteiger partial charge in [0.15, 0.2) is 5.75 Å². The first-order valence-electron chi connectivity index (χ1n) is 8.15. The van der Waals surface area contributed by atoms with Gasteiger partial charge in [0.2, 0.25) is 0 Å². The quantitative estimate of drug-likeness (QED) is 0.228. The Labute approximate surface area is 182 Å². The number of halogens is 3. The Balaban J connectivity index is 1.81. The summed E-state index contributed by atoms with van der Waals surface area (Å²) in [7, 11) is 0. The third-order valence-electron chi connectivity index (χ3n) is 3.56. The van der Waals surface area contributed by atoms with Crippen molar-refractivity contribution in [1.82, 2.24) is 10.4 Å². The van der Waals surface area contributed by atoms with E-state index >= 15 is 0 Å². The Morgan fingerprint density at radius 2 is 1.93 bits per heavy atom. The van der Waals surface area contributed by atoms with Crippen LogP contribution in [-0.2, 0) is 0 Å². The molecular formula is C20H12Br2FN3O3. The van der Waals surface area contributed by atoms with Crippen LogP contribution in [-0.4, -0.2) is 23.1 Å². The Kier molecular flexibility index (Phi) is 6.84. The van der Waals surface area contributed by atoms with Crippen LogP contribution in [0, 0.1) is 5.82 Å². The number of amides is 1. The molecule has 9 heteroatoms. The fraction of sp³-hybridized carbons (Fsp3) is 0. The molecule has 1 N–H and O–H groups in total. The van der Waals surface area contributed by atoms with Gasteiger partial charge in [0, 0.05) is 16.2 Å². The molecule has 1 heterocycles. The van der Waals surface area contributed by atoms with Gasteiger partial charge in [-0.25, -0.2) is 14.6 Å². The lowest BCUT2D eigenvalue weighted by atomic mass is 10.2. The third-order valence-corrected chi connectivity index (χ3v) is 4.61. The maximum absolute atomic E-state index is 13.4. The van der Waals surface area contributed by atoms with Crippen LogP contribution >= 0.6 is 31.9 Å². The van der Waals surface area contributed by atoms with E-state index in [1.807, 2.05) is 0 Å². The summed E-state index contributed by atoms with van der Waals surface area (Å²) in [5.41, 5.74) is 3.02. The van der Waals surface area contributed by atoms with Crippen LogP contribution in [0.1, 0.15) is 26.4 Å². The van der Waals surface area contributed by atoms with E-state index < -0.39 is 17.7 Å². The van der Waals surface area contributed by atoms with Gasteiger partial charge >= 0.3 is 5.97 Å². The Morgan fingerprint density at radius 3 is 2.66 bits per heavy atom. The molecule has 146 valence electrons. The van der Waals surface area contributed by atoms with Gasteiger partial charge in [0.1, 0.15) is 11.5 Å². The second-order valence-electron chi connectivity index (χ2n) is 5.62. The molecule has 29 heavy (non-hydrogen) atoms. The van der Waals surface area contributed by atoms with Crippen molar-refractivity contribution in [2.75, 3.05) is 0 Å². The predicted octanol–water partition coefficient (Wildman–Crippen LogP) is 4.73. The van der Waals surface area contributed by atoms with Crippen LogP contribution in [0.15, 0.2) is 74.8 Å². The van der Waals surface area contributed by atoms with Gasteiger partial charge in [0.25, 0.3) is 5.91 Å². The lowest BCUT2D eigenvalue weighted by Crippen LogP contribution is -2.19. The van der Waals surface area contributed by atoms with E-state index in [-0.39, 0.29) is 17.0 Å². The number of nitrogens with zero attached hydrogens (tertiary/aromatic N) is 2. The summed E-state index contributed by atoms with van der Waals surface area (Å²) in [6.07, 6.45) is 2.82. The van der Waals surface area contributed by atoms with Crippen molar-refractivity contribution >= 4 is 50.0 Å². The molecule has 0 saturated carbocycles. The highest BCUT2D eigenvalue weighted by Crippen LogP contribution is 2.32. The van der Waals surface area contributed by atoms with Crippen molar-refractivity contribution in [2.45, 2.75) is 0 Å². The number of hydrogen-bond donors (Lipinski definition) is 1. The van der Waals surface area contributed by atoms with E-state index in [1.54, 1.807) is 30.3 Å². The molecule has 2 aromatic carbocycles. The molecule has 0 bridgehead atoms. The standard InChI is InChI=1S/C20H12Br2FN3O3/c21-14-8-13(11-25-26-19(27)17-6-1-2-7-24-17)18(16(22)10-14)29-20(28)12-4-3-5-15(23)9-12/h1-11H,(H,26,27). The first kappa shape index (κ1) is 20.8. The molecule has 0 aliphatic heterocycles. The maximum atomic E-state index is 13.4. The van der Waals surface area contributed by atoms with Gasteiger partial charge < -0.3 is 4.74 Å². The summed E-state index contributed by atoms with van der Waals surface area (Å²) < 4.78 is 19.9. The number of esters is 1. The number of hydrogen-bond acceptors (Lipinski definition) is 5. The third kappa shape index (κ3) is 5.55. The summed E-state index contributed by atoms with van der Waals surface area (Å²) in [5.74, 6) is -1.61. The summed E-state index contributed by atoms with van der Waals surface area (Å²) in [4.78, 5) is 28.3. The summed E-state index contributed by atoms with van der Waals surface area (Å²) >= 11 is 6.68. The smallest absolute Gasteiger partial charge is 0.343 e. The van der Waals surface area contributed by atoms with Crippen molar-refractivity contribution in [1.29, 1.82) is 0 Å². The number of ether oxygens (including phenoxy) is 1. The number of rotatable bonds is 5. The van der Waals surface area contributed by atoms with Gasteiger partial charge in [0.05, 0.1) is 16.3 Å². The average molecular weight is 521 g/mol. The van der Waals surface area contributed by atoms with Crippen molar-refractivity contribution in [2.24, 2.45) is 5.10 Å². The number of carbonyl (C=O) groups is 2. The van der Waals surface area contributed by atoms with Gasteiger partial charge in [-0.15, -0.1) is 0 Å². The minimum atomic E-state index is -0.736. The molecule has 3 aromatic rings. The number of aromatic nitrogens is 1. The fourth-order valence-corrected chi connectivity index (χ4v) is 3.60. The number of hydrazone groups is 1. The maximum Gasteiger partial charge on any atom is 0.343 e. The number of pyridine rings is 1. The van der Waals surface area contributed by atoms with Gasteiger partial charge in [-0.05, 0) is 58.4 Å². The number of nitrogens with one attached hydrogen (secondary N) is 1. The largest absolute Gasteiger partial charge is 0.421 e. The number of carbonyl (C=O) groups excluding carboxylic acids is 2. The van der Waals surface area contributed by atoms with Crippen molar-refractivity contribution < 1.29 is 18.7 Å². The molecule has 1 amide bonds. The summed E-state index contributed by atoms with van der Waals surface area (Å²) in [6.45, 7) is 0. The van der Waals surface area contributed by atoms with Crippen LogP contribution < -0.4 is 10.2 Å². The van der Waals surface area contributed by atoms with E-state index in [2.05, 4.69) is 47.4 Å². The molecular weight excluding hydrogens is 509 g/mol. The van der Waals surface area contributed by atoms with Gasteiger partial charge in [-0.2, -0.15) is 5.10 Å². The average Bonchev–Trinajstić information content (AvgIpc) is 2.71. The molecule has 0 unspecified atom stereocenters. The summed E-state index contributed by atoms with van der Waals surface area (Å²) in [6, 6.07) is 13.4. The zero-order valence-corrected chi connectivity index (χ0v) is 17.8. The second kappa shape index (κ2) is 9.53. The van der Waals surface area contributed by atoms with Crippen LogP contribution in [0.4, 0.5) is 4.39 Å². The summed E-state index contributed by atoms with van der Waals surface area (Å²) in [5, 5.41) is 3.90. The SMILES string of the molecule is O=C(Oc1c(Br)cc(Br)cc1C=NNC(=O)c1ccccn1)c1cccc(F)c1. The molecule has 6 nitrogen and oxygen atoms in total. The van der Waals surface area contributed by atoms with E-state index in [4.69, 9.17) is 4.74 Å². The Hall–Kier alpha value is -2.91. The van der Waals surface area contributed by atoms with Crippen molar-refractivity contribution in [3.8, 4) is 5.75 Å². The molecule has 0 atom stereocenters. The highest BCUT2D eigenvalue weighted by Gasteiger charge is 2.16. The van der Waals surface area contributed by atoms with E-state index in [9.17, 15) is 14.0 Å². The first-order valence-corrected chi connectivity index (χ1v) is 9.74. The zero-order chi connectivity index (χ0) is 20.8. The molecule has 0 radical (unpaired) electrons. The zero-order valence-electron chi connectivity index (χ0n) is 14.6. The highest BCUT2D eigenvalue weighted by molar-refractivity contribution is 9.11. The lowest BCUT2D eigenvalue weighted by Gasteiger charge is -2.10. The number of benzene rings is 2. The minimum Gasteiger partial charge on any atom is -0.421 e. The predicted molar refractivity (Wildman–Crippen MR) is 112 cm³/mol. The molecule has 0 aliphatic rings. The fourth-order valence-electron chi connectivity index (χ4n) is 2.27. The Bertz CT molecular complexity index is 1090. The van der Waals surface area contributed by atoms with E-state index in [0.717, 1.165) is 6.07 Å². The molecule has 0 aliphatic carbocycles. The topological polar surface area (TPSA) is 80.6 Å². The van der Waals surface area contributed by atoms with E-state index in [0.29, 0.717) is 14.5 Å². The molecule has 3 rings (SSSR count). The van der Waals surface area contributed by atoms with Crippen LogP contribution in [0.3, 0.4) is 0 Å². The highest BCUT2D eigenvalue weighted by atomic mass is 79.9. The van der Waals surface area contributed by atoms with Crippen LogP contribution in [0.2, 0.25) is 0 Å². The minimum absolute atomic E-state index is 0.0613. The van der Waals surface area contributed by atoms with E-state index in [1.165, 1.54) is 30.6 Å². The van der Waals surface area contributed by atoms with Crippen molar-refractivity contribution in [3.63, 3.8) is 0 Å². The van der Waals surface area contributed by atoms with Crippen LogP contribution in [0.25, 0.3) is 0 Å². The molecule has 0 saturated heterocycles. The molecule has 1 aromatic heterocycles. The normalized spacial score (nSPS) is 10.7.